The number of nitrogens with one attached hydrogen (secondary N) is 1. The summed E-state index contributed by atoms with van der Waals surface area (Å²) in [7, 11) is 0. The summed E-state index contributed by atoms with van der Waals surface area (Å²) in [5, 5.41) is 5.70. The lowest BCUT2D eigenvalue weighted by atomic mass is 10.1. The van der Waals surface area contributed by atoms with Crippen LogP contribution in [0.4, 0.5) is 20.9 Å². The van der Waals surface area contributed by atoms with E-state index in [-0.39, 0.29) is 5.82 Å². The molecular formula is C19H20FN3S. The normalized spacial score (nSPS) is 10.6. The van der Waals surface area contributed by atoms with E-state index in [1.54, 1.807) is 18.2 Å². The number of benzene rings is 2. The van der Waals surface area contributed by atoms with E-state index >= 15 is 0 Å². The van der Waals surface area contributed by atoms with Gasteiger partial charge in [-0.2, -0.15) is 0 Å². The Morgan fingerprint density at radius 3 is 2.42 bits per heavy atom. The fourth-order valence-electron chi connectivity index (χ4n) is 2.57. The number of aromatic nitrogens is 1. The minimum atomic E-state index is -0.280. The molecule has 1 heterocycles. The average Bonchev–Trinajstić information content (AvgIpc) is 3.07. The molecule has 2 aromatic carbocycles. The summed E-state index contributed by atoms with van der Waals surface area (Å²) in [5.74, 6) is -0.280. The Morgan fingerprint density at radius 2 is 1.75 bits per heavy atom. The van der Waals surface area contributed by atoms with Crippen LogP contribution in [0.3, 0.4) is 0 Å². The van der Waals surface area contributed by atoms with Crippen molar-refractivity contribution in [3.8, 4) is 11.3 Å². The van der Waals surface area contributed by atoms with Crippen LogP contribution in [0.15, 0.2) is 53.9 Å². The summed E-state index contributed by atoms with van der Waals surface area (Å²) in [6.07, 6.45) is 0. The van der Waals surface area contributed by atoms with Gasteiger partial charge < -0.3 is 10.2 Å². The summed E-state index contributed by atoms with van der Waals surface area (Å²) in [4.78, 5) is 6.86. The molecule has 0 aliphatic carbocycles. The molecule has 0 saturated carbocycles. The van der Waals surface area contributed by atoms with E-state index in [9.17, 15) is 4.39 Å². The monoisotopic (exact) mass is 341 g/mol. The highest BCUT2D eigenvalue weighted by atomic mass is 32.1. The largest absolute Gasteiger partial charge is 0.372 e. The Morgan fingerprint density at radius 1 is 1.04 bits per heavy atom. The number of nitrogens with zero attached hydrogens (tertiary/aromatic N) is 2. The number of para-hydroxylation sites is 1. The Hall–Kier alpha value is -2.40. The van der Waals surface area contributed by atoms with Gasteiger partial charge in [0.1, 0.15) is 5.82 Å². The molecule has 1 aromatic heterocycles. The second-order valence-corrected chi connectivity index (χ2v) is 6.22. The number of halogens is 1. The summed E-state index contributed by atoms with van der Waals surface area (Å²) < 4.78 is 13.7. The third-order valence-electron chi connectivity index (χ3n) is 3.91. The van der Waals surface area contributed by atoms with Crippen LogP contribution in [0.25, 0.3) is 11.3 Å². The van der Waals surface area contributed by atoms with Crippen LogP contribution in [0.1, 0.15) is 13.8 Å². The Balaban J connectivity index is 1.77. The first-order valence-corrected chi connectivity index (χ1v) is 8.91. The fourth-order valence-corrected chi connectivity index (χ4v) is 3.31. The molecule has 0 amide bonds. The lowest BCUT2D eigenvalue weighted by Crippen LogP contribution is -2.21. The molecule has 124 valence electrons. The topological polar surface area (TPSA) is 28.2 Å². The van der Waals surface area contributed by atoms with E-state index in [0.717, 1.165) is 24.3 Å². The van der Waals surface area contributed by atoms with Gasteiger partial charge in [0.2, 0.25) is 0 Å². The first-order valence-electron chi connectivity index (χ1n) is 8.03. The number of rotatable bonds is 6. The molecule has 0 aliphatic heterocycles. The van der Waals surface area contributed by atoms with Gasteiger partial charge >= 0.3 is 0 Å². The zero-order valence-corrected chi connectivity index (χ0v) is 14.6. The van der Waals surface area contributed by atoms with Crippen molar-refractivity contribution in [3.05, 3.63) is 59.7 Å². The maximum atomic E-state index is 13.7. The zero-order chi connectivity index (χ0) is 16.9. The van der Waals surface area contributed by atoms with E-state index in [1.165, 1.54) is 23.1 Å². The SMILES string of the molecule is CCN(CC)c1ccc(-c2csc(Nc3ccccc3F)n2)cc1. The van der Waals surface area contributed by atoms with Gasteiger partial charge in [0.05, 0.1) is 11.4 Å². The maximum Gasteiger partial charge on any atom is 0.187 e. The standard InChI is InChI=1S/C19H20FN3S/c1-3-23(4-2)15-11-9-14(10-12-15)18-13-24-19(22-18)21-17-8-6-5-7-16(17)20/h5-13H,3-4H2,1-2H3,(H,21,22). The van der Waals surface area contributed by atoms with Gasteiger partial charge in [-0.25, -0.2) is 9.37 Å². The fraction of sp³-hybridized carbons (Fsp3) is 0.211. The molecule has 24 heavy (non-hydrogen) atoms. The van der Waals surface area contributed by atoms with Gasteiger partial charge in [-0.3, -0.25) is 0 Å². The third-order valence-corrected chi connectivity index (χ3v) is 4.67. The Bertz CT molecular complexity index is 794. The summed E-state index contributed by atoms with van der Waals surface area (Å²) in [5.41, 5.74) is 3.60. The number of hydrogen-bond donors (Lipinski definition) is 1. The molecule has 0 radical (unpaired) electrons. The summed E-state index contributed by atoms with van der Waals surface area (Å²) in [6, 6.07) is 15.0. The Labute approximate surface area is 145 Å². The first-order chi connectivity index (χ1) is 11.7. The molecule has 0 fully saturated rings. The van der Waals surface area contributed by atoms with Gasteiger partial charge in [0.25, 0.3) is 0 Å². The molecule has 3 nitrogen and oxygen atoms in total. The number of hydrogen-bond acceptors (Lipinski definition) is 4. The summed E-state index contributed by atoms with van der Waals surface area (Å²) >= 11 is 1.47. The second kappa shape index (κ2) is 7.45. The minimum absolute atomic E-state index is 0.280. The van der Waals surface area contributed by atoms with Crippen LogP contribution >= 0.6 is 11.3 Å². The van der Waals surface area contributed by atoms with Crippen LogP contribution in [0, 0.1) is 5.82 Å². The predicted molar refractivity (Wildman–Crippen MR) is 101 cm³/mol. The van der Waals surface area contributed by atoms with Gasteiger partial charge in [-0.1, -0.05) is 24.3 Å². The molecule has 0 saturated heterocycles. The number of thiazole rings is 1. The maximum absolute atomic E-state index is 13.7. The van der Waals surface area contributed by atoms with Crippen LogP contribution in [-0.4, -0.2) is 18.1 Å². The van der Waals surface area contributed by atoms with Crippen molar-refractivity contribution in [3.63, 3.8) is 0 Å². The molecule has 0 atom stereocenters. The van der Waals surface area contributed by atoms with E-state index in [2.05, 4.69) is 53.3 Å². The molecule has 0 spiro atoms. The molecule has 0 bridgehead atoms. The van der Waals surface area contributed by atoms with E-state index in [4.69, 9.17) is 0 Å². The smallest absolute Gasteiger partial charge is 0.187 e. The highest BCUT2D eigenvalue weighted by Crippen LogP contribution is 2.29. The summed E-state index contributed by atoms with van der Waals surface area (Å²) in [6.45, 7) is 6.28. The second-order valence-electron chi connectivity index (χ2n) is 5.36. The highest BCUT2D eigenvalue weighted by Gasteiger charge is 2.08. The zero-order valence-electron chi connectivity index (χ0n) is 13.8. The van der Waals surface area contributed by atoms with Crippen molar-refractivity contribution in [1.29, 1.82) is 0 Å². The molecule has 0 aliphatic rings. The van der Waals surface area contributed by atoms with Crippen molar-refractivity contribution in [2.45, 2.75) is 13.8 Å². The van der Waals surface area contributed by atoms with E-state index < -0.39 is 0 Å². The minimum Gasteiger partial charge on any atom is -0.372 e. The lowest BCUT2D eigenvalue weighted by molar-refractivity contribution is 0.632. The quantitative estimate of drug-likeness (QED) is 0.638. The van der Waals surface area contributed by atoms with Crippen molar-refractivity contribution < 1.29 is 4.39 Å². The molecular weight excluding hydrogens is 321 g/mol. The first kappa shape index (κ1) is 16.5. The van der Waals surface area contributed by atoms with Crippen LogP contribution in [0.5, 0.6) is 0 Å². The third kappa shape index (κ3) is 3.57. The van der Waals surface area contributed by atoms with Gasteiger partial charge in [-0.15, -0.1) is 11.3 Å². The molecule has 1 N–H and O–H groups in total. The van der Waals surface area contributed by atoms with E-state index in [1.807, 2.05) is 5.38 Å². The molecule has 3 aromatic rings. The average molecular weight is 341 g/mol. The number of anilines is 3. The van der Waals surface area contributed by atoms with Crippen LogP contribution in [0.2, 0.25) is 0 Å². The molecule has 5 heteroatoms. The van der Waals surface area contributed by atoms with Gasteiger partial charge in [0.15, 0.2) is 5.13 Å². The van der Waals surface area contributed by atoms with Crippen LogP contribution in [-0.2, 0) is 0 Å². The molecule has 3 rings (SSSR count). The van der Waals surface area contributed by atoms with Gasteiger partial charge in [-0.05, 0) is 38.1 Å². The van der Waals surface area contributed by atoms with Crippen molar-refractivity contribution in [2.75, 3.05) is 23.3 Å². The highest BCUT2D eigenvalue weighted by molar-refractivity contribution is 7.14. The van der Waals surface area contributed by atoms with E-state index in [0.29, 0.717) is 10.8 Å². The van der Waals surface area contributed by atoms with Crippen molar-refractivity contribution in [1.82, 2.24) is 4.98 Å². The molecule has 0 unspecified atom stereocenters. The van der Waals surface area contributed by atoms with Crippen molar-refractivity contribution >= 4 is 27.8 Å². The lowest BCUT2D eigenvalue weighted by Gasteiger charge is -2.20. The van der Waals surface area contributed by atoms with Gasteiger partial charge in [0, 0.05) is 29.7 Å². The predicted octanol–water partition coefficient (Wildman–Crippen LogP) is 5.54. The van der Waals surface area contributed by atoms with Crippen molar-refractivity contribution in [2.24, 2.45) is 0 Å². The Kier molecular flexibility index (Phi) is 5.11. The van der Waals surface area contributed by atoms with Crippen LogP contribution < -0.4 is 10.2 Å².